The maximum atomic E-state index is 14.0. The molecule has 0 atom stereocenters. The first-order chi connectivity index (χ1) is 8.91. The number of aromatic nitrogens is 2. The van der Waals surface area contributed by atoms with Gasteiger partial charge in [-0.3, -0.25) is 0 Å². The standard InChI is InChI=1S/C11H6BrClFN3O2/c12-5-2-1-4(3-16-5)9-7(14)8(15)6(13)10(17-9)11(18)19/h1-3H,(H2,15,17)(H,18,19). The normalized spacial score (nSPS) is 10.5. The topological polar surface area (TPSA) is 89.1 Å². The number of nitrogens with zero attached hydrogens (tertiary/aromatic N) is 2. The zero-order valence-corrected chi connectivity index (χ0v) is 11.5. The average Bonchev–Trinajstić information content (AvgIpc) is 2.37. The van der Waals surface area contributed by atoms with Crippen molar-refractivity contribution in [1.82, 2.24) is 9.97 Å². The van der Waals surface area contributed by atoms with E-state index in [0.29, 0.717) is 10.2 Å². The number of hydrogen-bond acceptors (Lipinski definition) is 4. The monoisotopic (exact) mass is 345 g/mol. The number of nitrogens with two attached hydrogens (primary N) is 1. The second-order valence-corrected chi connectivity index (χ2v) is 4.72. The molecule has 0 aromatic carbocycles. The summed E-state index contributed by atoms with van der Waals surface area (Å²) in [6.45, 7) is 0. The molecule has 98 valence electrons. The van der Waals surface area contributed by atoms with E-state index >= 15 is 0 Å². The van der Waals surface area contributed by atoms with Crippen molar-refractivity contribution in [1.29, 1.82) is 0 Å². The van der Waals surface area contributed by atoms with Crippen LogP contribution in [0, 0.1) is 5.82 Å². The van der Waals surface area contributed by atoms with Gasteiger partial charge in [0.05, 0.1) is 10.7 Å². The Morgan fingerprint density at radius 2 is 2.16 bits per heavy atom. The number of rotatable bonds is 2. The van der Waals surface area contributed by atoms with Crippen molar-refractivity contribution in [3.63, 3.8) is 0 Å². The summed E-state index contributed by atoms with van der Waals surface area (Å²) in [7, 11) is 0. The number of carbonyl (C=O) groups is 1. The van der Waals surface area contributed by atoms with Crippen LogP contribution in [0.4, 0.5) is 10.1 Å². The molecule has 0 spiro atoms. The van der Waals surface area contributed by atoms with Gasteiger partial charge in [-0.05, 0) is 28.1 Å². The molecular formula is C11H6BrClFN3O2. The van der Waals surface area contributed by atoms with Crippen LogP contribution in [0.5, 0.6) is 0 Å². The first-order valence-corrected chi connectivity index (χ1v) is 6.08. The lowest BCUT2D eigenvalue weighted by Gasteiger charge is -2.09. The van der Waals surface area contributed by atoms with Gasteiger partial charge in [0.25, 0.3) is 0 Å². The summed E-state index contributed by atoms with van der Waals surface area (Å²) in [5, 5.41) is 8.53. The van der Waals surface area contributed by atoms with Gasteiger partial charge in [0.1, 0.15) is 10.3 Å². The molecule has 0 fully saturated rings. The largest absolute Gasteiger partial charge is 0.476 e. The van der Waals surface area contributed by atoms with E-state index in [2.05, 4.69) is 25.9 Å². The number of carboxylic acid groups (broad SMARTS) is 1. The van der Waals surface area contributed by atoms with Crippen LogP contribution in [-0.2, 0) is 0 Å². The Morgan fingerprint density at radius 3 is 2.68 bits per heavy atom. The van der Waals surface area contributed by atoms with E-state index in [1.54, 1.807) is 6.07 Å². The lowest BCUT2D eigenvalue weighted by atomic mass is 10.1. The van der Waals surface area contributed by atoms with Crippen molar-refractivity contribution < 1.29 is 14.3 Å². The van der Waals surface area contributed by atoms with Gasteiger partial charge in [-0.1, -0.05) is 11.6 Å². The number of aromatic carboxylic acids is 1. The van der Waals surface area contributed by atoms with Crippen LogP contribution >= 0.6 is 27.5 Å². The predicted octanol–water partition coefficient (Wildman–Crippen LogP) is 2.98. The number of carboxylic acids is 1. The molecule has 2 heterocycles. The molecular weight excluding hydrogens is 340 g/mol. The highest BCUT2D eigenvalue weighted by Crippen LogP contribution is 2.31. The Balaban J connectivity index is 2.70. The van der Waals surface area contributed by atoms with Crippen LogP contribution in [-0.4, -0.2) is 21.0 Å². The molecule has 0 unspecified atom stereocenters. The van der Waals surface area contributed by atoms with Crippen LogP contribution in [0.25, 0.3) is 11.3 Å². The minimum Gasteiger partial charge on any atom is -0.476 e. The number of hydrogen-bond donors (Lipinski definition) is 2. The summed E-state index contributed by atoms with van der Waals surface area (Å²) >= 11 is 8.78. The summed E-state index contributed by atoms with van der Waals surface area (Å²) in [6.07, 6.45) is 1.34. The Hall–Kier alpha value is -1.73. The molecule has 2 aromatic rings. The van der Waals surface area contributed by atoms with E-state index < -0.39 is 28.2 Å². The van der Waals surface area contributed by atoms with Gasteiger partial charge in [-0.15, -0.1) is 0 Å². The predicted molar refractivity (Wildman–Crippen MR) is 71.5 cm³/mol. The van der Waals surface area contributed by atoms with Crippen molar-refractivity contribution in [3.8, 4) is 11.3 Å². The molecule has 0 amide bonds. The van der Waals surface area contributed by atoms with Gasteiger partial charge in [0.15, 0.2) is 11.5 Å². The van der Waals surface area contributed by atoms with Crippen molar-refractivity contribution in [2.75, 3.05) is 5.73 Å². The van der Waals surface area contributed by atoms with Gasteiger partial charge in [-0.25, -0.2) is 19.2 Å². The SMILES string of the molecule is Nc1c(F)c(-c2ccc(Br)nc2)nc(C(=O)O)c1Cl. The minimum absolute atomic E-state index is 0.209. The van der Waals surface area contributed by atoms with E-state index in [-0.39, 0.29) is 5.69 Å². The third-order valence-corrected chi connectivity index (χ3v) is 3.17. The van der Waals surface area contributed by atoms with E-state index in [4.69, 9.17) is 22.4 Å². The molecule has 0 aliphatic carbocycles. The summed E-state index contributed by atoms with van der Waals surface area (Å²) in [4.78, 5) is 18.6. The molecule has 2 aromatic heterocycles. The quantitative estimate of drug-likeness (QED) is 0.816. The Morgan fingerprint density at radius 1 is 1.47 bits per heavy atom. The van der Waals surface area contributed by atoms with E-state index in [9.17, 15) is 9.18 Å². The molecule has 0 aliphatic heterocycles. The third-order valence-electron chi connectivity index (χ3n) is 2.32. The Labute approximate surface area is 120 Å². The maximum absolute atomic E-state index is 14.0. The van der Waals surface area contributed by atoms with Crippen LogP contribution in [0.3, 0.4) is 0 Å². The van der Waals surface area contributed by atoms with E-state index in [0.717, 1.165) is 0 Å². The summed E-state index contributed by atoms with van der Waals surface area (Å²) in [5.41, 5.74) is 4.58. The Kier molecular flexibility index (Phi) is 3.68. The molecule has 2 rings (SSSR count). The number of anilines is 1. The minimum atomic E-state index is -1.39. The van der Waals surface area contributed by atoms with Gasteiger partial charge < -0.3 is 10.8 Å². The highest BCUT2D eigenvalue weighted by molar-refractivity contribution is 9.10. The Bertz CT molecular complexity index is 664. The number of nitrogen functional groups attached to an aromatic ring is 1. The lowest BCUT2D eigenvalue weighted by molar-refractivity contribution is 0.0691. The van der Waals surface area contributed by atoms with Crippen LogP contribution in [0.1, 0.15) is 10.5 Å². The van der Waals surface area contributed by atoms with Crippen LogP contribution in [0.15, 0.2) is 22.9 Å². The van der Waals surface area contributed by atoms with Crippen molar-refractivity contribution in [2.45, 2.75) is 0 Å². The second kappa shape index (κ2) is 5.10. The molecule has 5 nitrogen and oxygen atoms in total. The molecule has 0 radical (unpaired) electrons. The van der Waals surface area contributed by atoms with Crippen LogP contribution in [0.2, 0.25) is 5.02 Å². The molecule has 19 heavy (non-hydrogen) atoms. The summed E-state index contributed by atoms with van der Waals surface area (Å²) in [6, 6.07) is 3.10. The van der Waals surface area contributed by atoms with Gasteiger partial charge in [0.2, 0.25) is 0 Å². The average molecular weight is 347 g/mol. The highest BCUT2D eigenvalue weighted by atomic mass is 79.9. The number of halogens is 3. The lowest BCUT2D eigenvalue weighted by Crippen LogP contribution is -2.08. The fourth-order valence-corrected chi connectivity index (χ4v) is 1.85. The fourth-order valence-electron chi connectivity index (χ4n) is 1.41. The van der Waals surface area contributed by atoms with Crippen molar-refractivity contribution >= 4 is 39.2 Å². The van der Waals surface area contributed by atoms with Crippen LogP contribution < -0.4 is 5.73 Å². The third kappa shape index (κ3) is 2.52. The summed E-state index contributed by atoms with van der Waals surface area (Å²) in [5.74, 6) is -2.26. The van der Waals surface area contributed by atoms with Crippen molar-refractivity contribution in [3.05, 3.63) is 39.5 Å². The second-order valence-electron chi connectivity index (χ2n) is 3.53. The first kappa shape index (κ1) is 13.7. The smallest absolute Gasteiger partial charge is 0.356 e. The zero-order chi connectivity index (χ0) is 14.2. The summed E-state index contributed by atoms with van der Waals surface area (Å²) < 4.78 is 14.5. The van der Waals surface area contributed by atoms with Crippen molar-refractivity contribution in [2.24, 2.45) is 0 Å². The number of pyridine rings is 2. The van der Waals surface area contributed by atoms with E-state index in [1.165, 1.54) is 12.3 Å². The van der Waals surface area contributed by atoms with Gasteiger partial charge in [0, 0.05) is 11.8 Å². The van der Waals surface area contributed by atoms with Gasteiger partial charge >= 0.3 is 5.97 Å². The van der Waals surface area contributed by atoms with E-state index in [1.807, 2.05) is 0 Å². The molecule has 0 aliphatic rings. The first-order valence-electron chi connectivity index (χ1n) is 4.91. The maximum Gasteiger partial charge on any atom is 0.356 e. The van der Waals surface area contributed by atoms with Gasteiger partial charge in [-0.2, -0.15) is 0 Å². The molecule has 3 N–H and O–H groups in total. The molecule has 8 heteroatoms. The molecule has 0 saturated carbocycles. The highest BCUT2D eigenvalue weighted by Gasteiger charge is 2.21. The molecule has 0 bridgehead atoms. The zero-order valence-electron chi connectivity index (χ0n) is 9.19. The molecule has 0 saturated heterocycles. The fraction of sp³-hybridized carbons (Fsp3) is 0.